The van der Waals surface area contributed by atoms with Crippen LogP contribution in [0.3, 0.4) is 0 Å². The predicted molar refractivity (Wildman–Crippen MR) is 63.9 cm³/mol. The minimum absolute atomic E-state index is 0.0172. The summed E-state index contributed by atoms with van der Waals surface area (Å²) in [5, 5.41) is 22.3. The average Bonchev–Trinajstić information content (AvgIpc) is 2.27. The van der Waals surface area contributed by atoms with Crippen LogP contribution in [0.1, 0.15) is 30.4 Å². The number of phenols is 2. The van der Waals surface area contributed by atoms with Crippen LogP contribution in [0.4, 0.5) is 0 Å². The molecule has 1 heterocycles. The average molecular weight is 221 g/mol. The monoisotopic (exact) mass is 221 g/mol. The number of aromatic hydroxyl groups is 2. The Balaban J connectivity index is 2.11. The second kappa shape index (κ2) is 4.74. The quantitative estimate of drug-likeness (QED) is 0.670. The molecule has 16 heavy (non-hydrogen) atoms. The number of rotatable bonds is 2. The Labute approximate surface area is 96.1 Å². The molecule has 1 aliphatic heterocycles. The number of piperidine rings is 1. The van der Waals surface area contributed by atoms with Crippen molar-refractivity contribution in [1.82, 2.24) is 5.32 Å². The van der Waals surface area contributed by atoms with Crippen molar-refractivity contribution in [3.63, 3.8) is 0 Å². The van der Waals surface area contributed by atoms with Crippen molar-refractivity contribution < 1.29 is 10.2 Å². The lowest BCUT2D eigenvalue weighted by atomic mass is 9.95. The zero-order valence-electron chi connectivity index (χ0n) is 9.66. The third-order valence-corrected chi connectivity index (χ3v) is 3.31. The van der Waals surface area contributed by atoms with Gasteiger partial charge in [-0.05, 0) is 56.0 Å². The summed E-state index contributed by atoms with van der Waals surface area (Å²) in [6, 6.07) is 3.82. The van der Waals surface area contributed by atoms with Gasteiger partial charge < -0.3 is 15.5 Å². The van der Waals surface area contributed by atoms with Gasteiger partial charge in [0.2, 0.25) is 0 Å². The van der Waals surface area contributed by atoms with Gasteiger partial charge in [0.1, 0.15) is 0 Å². The number of hydrogen-bond donors (Lipinski definition) is 3. The minimum Gasteiger partial charge on any atom is -0.504 e. The van der Waals surface area contributed by atoms with Crippen molar-refractivity contribution in [1.29, 1.82) is 0 Å². The molecule has 0 aliphatic carbocycles. The van der Waals surface area contributed by atoms with E-state index in [2.05, 4.69) is 5.32 Å². The summed E-state index contributed by atoms with van der Waals surface area (Å²) in [6.07, 6.45) is 4.66. The molecule has 3 N–H and O–H groups in total. The van der Waals surface area contributed by atoms with Crippen molar-refractivity contribution >= 4 is 0 Å². The lowest BCUT2D eigenvalue weighted by Crippen LogP contribution is -2.35. The van der Waals surface area contributed by atoms with Crippen molar-refractivity contribution in [2.24, 2.45) is 0 Å². The lowest BCUT2D eigenvalue weighted by molar-refractivity contribution is 0.392. The number of phenolic OH excluding ortho intramolecular Hbond substituents is 2. The summed E-state index contributed by atoms with van der Waals surface area (Å²) in [6.45, 7) is 3.06. The Kier molecular flexibility index (Phi) is 3.34. The standard InChI is InChI=1S/C13H19NO2/c1-9-6-12(15)13(16)8-10(9)7-11-4-2-3-5-14-11/h6,8,11,14-16H,2-5,7H2,1H3. The van der Waals surface area contributed by atoms with Gasteiger partial charge in [0.05, 0.1) is 0 Å². The van der Waals surface area contributed by atoms with E-state index < -0.39 is 0 Å². The summed E-state index contributed by atoms with van der Waals surface area (Å²) in [5.41, 5.74) is 2.16. The highest BCUT2D eigenvalue weighted by Crippen LogP contribution is 2.29. The molecule has 1 aromatic carbocycles. The van der Waals surface area contributed by atoms with E-state index in [1.54, 1.807) is 12.1 Å². The Hall–Kier alpha value is -1.22. The summed E-state index contributed by atoms with van der Waals surface area (Å²) >= 11 is 0. The van der Waals surface area contributed by atoms with Crippen molar-refractivity contribution in [3.8, 4) is 11.5 Å². The van der Waals surface area contributed by atoms with Crippen LogP contribution in [0.25, 0.3) is 0 Å². The molecule has 1 aromatic rings. The van der Waals surface area contributed by atoms with Gasteiger partial charge in [-0.15, -0.1) is 0 Å². The maximum Gasteiger partial charge on any atom is 0.157 e. The summed E-state index contributed by atoms with van der Waals surface area (Å²) in [7, 11) is 0. The van der Waals surface area contributed by atoms with E-state index in [0.717, 1.165) is 24.1 Å². The third-order valence-electron chi connectivity index (χ3n) is 3.31. The van der Waals surface area contributed by atoms with Gasteiger partial charge >= 0.3 is 0 Å². The zero-order chi connectivity index (χ0) is 11.5. The molecule has 1 aliphatic rings. The van der Waals surface area contributed by atoms with E-state index in [1.165, 1.54) is 19.3 Å². The van der Waals surface area contributed by atoms with E-state index in [9.17, 15) is 10.2 Å². The molecule has 3 nitrogen and oxygen atoms in total. The molecule has 0 bridgehead atoms. The SMILES string of the molecule is Cc1cc(O)c(O)cc1CC1CCCCN1. The van der Waals surface area contributed by atoms with E-state index in [-0.39, 0.29) is 11.5 Å². The molecule has 1 unspecified atom stereocenters. The molecule has 88 valence electrons. The smallest absolute Gasteiger partial charge is 0.157 e. The zero-order valence-corrected chi connectivity index (χ0v) is 9.66. The number of aryl methyl sites for hydroxylation is 1. The maximum atomic E-state index is 9.48. The van der Waals surface area contributed by atoms with Gasteiger partial charge in [0.25, 0.3) is 0 Å². The Morgan fingerprint density at radius 1 is 1.25 bits per heavy atom. The molecule has 1 fully saturated rings. The molecule has 0 radical (unpaired) electrons. The van der Waals surface area contributed by atoms with Gasteiger partial charge in [0.15, 0.2) is 11.5 Å². The van der Waals surface area contributed by atoms with Crippen LogP contribution in [-0.2, 0) is 6.42 Å². The van der Waals surface area contributed by atoms with Crippen LogP contribution in [0.2, 0.25) is 0 Å². The van der Waals surface area contributed by atoms with Crippen LogP contribution < -0.4 is 5.32 Å². The normalized spacial score (nSPS) is 20.9. The van der Waals surface area contributed by atoms with Gasteiger partial charge in [-0.3, -0.25) is 0 Å². The van der Waals surface area contributed by atoms with Gasteiger partial charge in [-0.25, -0.2) is 0 Å². The fourth-order valence-electron chi connectivity index (χ4n) is 2.31. The lowest BCUT2D eigenvalue weighted by Gasteiger charge is -2.24. The number of nitrogens with one attached hydrogen (secondary N) is 1. The highest BCUT2D eigenvalue weighted by atomic mass is 16.3. The van der Waals surface area contributed by atoms with Crippen LogP contribution >= 0.6 is 0 Å². The summed E-state index contributed by atoms with van der Waals surface area (Å²) in [5.74, 6) is -0.0470. The number of benzene rings is 1. The largest absolute Gasteiger partial charge is 0.504 e. The van der Waals surface area contributed by atoms with Gasteiger partial charge in [-0.2, -0.15) is 0 Å². The first-order valence-corrected chi connectivity index (χ1v) is 5.91. The highest BCUT2D eigenvalue weighted by molar-refractivity contribution is 5.45. The highest BCUT2D eigenvalue weighted by Gasteiger charge is 2.15. The van der Waals surface area contributed by atoms with Crippen LogP contribution in [0, 0.1) is 6.92 Å². The molecule has 1 saturated heterocycles. The second-order valence-corrected chi connectivity index (χ2v) is 4.62. The molecule has 3 heteroatoms. The molecule has 0 spiro atoms. The second-order valence-electron chi connectivity index (χ2n) is 4.62. The number of hydrogen-bond acceptors (Lipinski definition) is 3. The fourth-order valence-corrected chi connectivity index (χ4v) is 2.31. The van der Waals surface area contributed by atoms with E-state index in [4.69, 9.17) is 0 Å². The summed E-state index contributed by atoms with van der Waals surface area (Å²) < 4.78 is 0. The first kappa shape index (κ1) is 11.3. The maximum absolute atomic E-state index is 9.48. The van der Waals surface area contributed by atoms with Crippen molar-refractivity contribution in [3.05, 3.63) is 23.3 Å². The topological polar surface area (TPSA) is 52.5 Å². The molecular formula is C13H19NO2. The molecule has 2 rings (SSSR count). The minimum atomic E-state index is -0.0298. The molecule has 1 atom stereocenters. The van der Waals surface area contributed by atoms with E-state index in [1.807, 2.05) is 6.92 Å². The first-order valence-electron chi connectivity index (χ1n) is 5.91. The van der Waals surface area contributed by atoms with Crippen LogP contribution in [0.5, 0.6) is 11.5 Å². The fraction of sp³-hybridized carbons (Fsp3) is 0.538. The first-order chi connectivity index (χ1) is 7.66. The van der Waals surface area contributed by atoms with Crippen molar-refractivity contribution in [2.75, 3.05) is 6.54 Å². The predicted octanol–water partition coefficient (Wildman–Crippen LogP) is 2.09. The van der Waals surface area contributed by atoms with Gasteiger partial charge in [0, 0.05) is 6.04 Å². The Morgan fingerprint density at radius 2 is 2.00 bits per heavy atom. The van der Waals surface area contributed by atoms with Crippen molar-refractivity contribution in [2.45, 2.75) is 38.6 Å². The Bertz CT molecular complexity index is 370. The van der Waals surface area contributed by atoms with E-state index in [0.29, 0.717) is 6.04 Å². The van der Waals surface area contributed by atoms with Gasteiger partial charge in [-0.1, -0.05) is 6.42 Å². The van der Waals surface area contributed by atoms with Crippen LogP contribution in [-0.4, -0.2) is 22.8 Å². The Morgan fingerprint density at radius 3 is 2.69 bits per heavy atom. The van der Waals surface area contributed by atoms with E-state index >= 15 is 0 Å². The molecule has 0 aromatic heterocycles. The molecule has 0 saturated carbocycles. The third kappa shape index (κ3) is 2.47. The summed E-state index contributed by atoms with van der Waals surface area (Å²) in [4.78, 5) is 0. The van der Waals surface area contributed by atoms with Crippen LogP contribution in [0.15, 0.2) is 12.1 Å². The molecule has 0 amide bonds. The molecular weight excluding hydrogens is 202 g/mol.